The van der Waals surface area contributed by atoms with E-state index in [0.717, 1.165) is 12.1 Å². The van der Waals surface area contributed by atoms with Crippen LogP contribution in [0.4, 0.5) is 18.9 Å². The van der Waals surface area contributed by atoms with Crippen molar-refractivity contribution in [1.82, 2.24) is 0 Å². The normalized spacial score (nSPS) is 18.6. The predicted molar refractivity (Wildman–Crippen MR) is 102 cm³/mol. The molecular formula is C19H12Cl2F3N3O2. The number of carbonyl (C=O) groups excluding carboxylic acids is 1. The highest BCUT2D eigenvalue weighted by Crippen LogP contribution is 2.49. The van der Waals surface area contributed by atoms with Gasteiger partial charge in [0.2, 0.25) is 5.91 Å². The van der Waals surface area contributed by atoms with Crippen molar-refractivity contribution in [2.75, 3.05) is 5.32 Å². The summed E-state index contributed by atoms with van der Waals surface area (Å²) in [6, 6.07) is 11.4. The second-order valence-electron chi connectivity index (χ2n) is 6.25. The van der Waals surface area contributed by atoms with E-state index in [1.165, 1.54) is 12.1 Å². The summed E-state index contributed by atoms with van der Waals surface area (Å²) >= 11 is 11.8. The third-order valence-electron chi connectivity index (χ3n) is 4.23. The molecule has 1 atom stereocenters. The summed E-state index contributed by atoms with van der Waals surface area (Å²) in [6.07, 6.45) is -5.76. The number of benzene rings is 2. The van der Waals surface area contributed by atoms with Gasteiger partial charge < -0.3 is 10.2 Å². The first-order valence-electron chi connectivity index (χ1n) is 8.20. The number of rotatable bonds is 4. The highest BCUT2D eigenvalue weighted by atomic mass is 35.5. The highest BCUT2D eigenvalue weighted by molar-refractivity contribution is 6.34. The number of alkyl halides is 3. The van der Waals surface area contributed by atoms with E-state index in [2.05, 4.69) is 10.5 Å². The van der Waals surface area contributed by atoms with Crippen LogP contribution in [0.2, 0.25) is 10.0 Å². The van der Waals surface area contributed by atoms with Gasteiger partial charge in [-0.25, -0.2) is 0 Å². The van der Waals surface area contributed by atoms with Crippen LogP contribution in [0.3, 0.4) is 0 Å². The van der Waals surface area contributed by atoms with Crippen molar-refractivity contribution < 1.29 is 22.8 Å². The van der Waals surface area contributed by atoms with E-state index in [4.69, 9.17) is 33.3 Å². The predicted octanol–water partition coefficient (Wildman–Crippen LogP) is 5.43. The minimum atomic E-state index is -4.80. The first-order valence-corrected chi connectivity index (χ1v) is 8.96. The molecule has 0 saturated heterocycles. The third-order valence-corrected chi connectivity index (χ3v) is 4.67. The Balaban J connectivity index is 1.93. The molecule has 150 valence electrons. The molecule has 10 heteroatoms. The average molecular weight is 442 g/mol. The van der Waals surface area contributed by atoms with E-state index in [1.54, 1.807) is 24.3 Å². The molecule has 0 saturated carbocycles. The van der Waals surface area contributed by atoms with Crippen molar-refractivity contribution in [2.24, 2.45) is 5.16 Å². The Bertz CT molecular complexity index is 1010. The summed E-state index contributed by atoms with van der Waals surface area (Å²) in [4.78, 5) is 16.5. The molecule has 5 nitrogen and oxygen atoms in total. The molecule has 1 amide bonds. The number of halogens is 5. The topological polar surface area (TPSA) is 74.5 Å². The maximum absolute atomic E-state index is 14.0. The fourth-order valence-electron chi connectivity index (χ4n) is 2.90. The summed E-state index contributed by atoms with van der Waals surface area (Å²) in [6.45, 7) is 0. The summed E-state index contributed by atoms with van der Waals surface area (Å²) < 4.78 is 42.1. The lowest BCUT2D eigenvalue weighted by atomic mass is 9.86. The molecule has 1 heterocycles. The minimum Gasteiger partial charge on any atom is -0.374 e. The van der Waals surface area contributed by atoms with Crippen LogP contribution in [0.5, 0.6) is 0 Å². The second kappa shape index (κ2) is 7.93. The quantitative estimate of drug-likeness (QED) is 0.687. The second-order valence-corrected chi connectivity index (χ2v) is 7.13. The van der Waals surface area contributed by atoms with Gasteiger partial charge in [0, 0.05) is 33.3 Å². The standard InChI is InChI=1S/C19H12Cl2F3N3O2/c20-13-7-12(8-14(21)9-13)18(19(22,23)24)10-16(27-29-18)11-2-1-3-15(6-11)26-17(28)4-5-25/h1-3,6-9H,4,10H2,(H,26,28). The largest absolute Gasteiger partial charge is 0.435 e. The summed E-state index contributed by atoms with van der Waals surface area (Å²) in [7, 11) is 0. The van der Waals surface area contributed by atoms with Crippen molar-refractivity contribution >= 4 is 40.5 Å². The van der Waals surface area contributed by atoms with Crippen molar-refractivity contribution in [3.05, 3.63) is 63.6 Å². The van der Waals surface area contributed by atoms with Crippen LogP contribution in [-0.4, -0.2) is 17.8 Å². The van der Waals surface area contributed by atoms with Gasteiger partial charge in [0.05, 0.1) is 11.8 Å². The minimum absolute atomic E-state index is 0.0369. The Morgan fingerprint density at radius 1 is 1.24 bits per heavy atom. The summed E-state index contributed by atoms with van der Waals surface area (Å²) in [5.74, 6) is -0.535. The van der Waals surface area contributed by atoms with E-state index in [1.807, 2.05) is 0 Å². The molecule has 0 fully saturated rings. The molecule has 0 aromatic heterocycles. The smallest absolute Gasteiger partial charge is 0.374 e. The van der Waals surface area contributed by atoms with Crippen LogP contribution in [0.25, 0.3) is 0 Å². The van der Waals surface area contributed by atoms with Gasteiger partial charge in [-0.05, 0) is 30.3 Å². The van der Waals surface area contributed by atoms with Gasteiger partial charge in [-0.15, -0.1) is 0 Å². The molecule has 2 aromatic rings. The zero-order valence-electron chi connectivity index (χ0n) is 14.6. The SMILES string of the molecule is N#CCC(=O)Nc1cccc(C2=NOC(c3cc(Cl)cc(Cl)c3)(C(F)(F)F)C2)c1. The van der Waals surface area contributed by atoms with Crippen molar-refractivity contribution in [2.45, 2.75) is 24.6 Å². The zero-order valence-corrected chi connectivity index (χ0v) is 16.1. The highest BCUT2D eigenvalue weighted by Gasteiger charge is 2.62. The van der Waals surface area contributed by atoms with Crippen molar-refractivity contribution in [3.63, 3.8) is 0 Å². The Morgan fingerprint density at radius 3 is 2.55 bits per heavy atom. The maximum Gasteiger partial charge on any atom is 0.435 e. The molecule has 0 radical (unpaired) electrons. The van der Waals surface area contributed by atoms with Gasteiger partial charge in [0.15, 0.2) is 0 Å². The number of hydrogen-bond acceptors (Lipinski definition) is 4. The fourth-order valence-corrected chi connectivity index (χ4v) is 3.43. The maximum atomic E-state index is 14.0. The molecule has 1 aliphatic rings. The molecule has 3 rings (SSSR count). The number of nitrogens with one attached hydrogen (secondary N) is 1. The summed E-state index contributed by atoms with van der Waals surface area (Å²) in [5.41, 5.74) is -2.31. The number of hydrogen-bond donors (Lipinski definition) is 1. The van der Waals surface area contributed by atoms with E-state index >= 15 is 0 Å². The summed E-state index contributed by atoms with van der Waals surface area (Å²) in [5, 5.41) is 14.8. The Morgan fingerprint density at radius 2 is 1.93 bits per heavy atom. The number of carbonyl (C=O) groups is 1. The number of nitrogens with zero attached hydrogens (tertiary/aromatic N) is 2. The van der Waals surface area contributed by atoms with Crippen molar-refractivity contribution in [3.8, 4) is 6.07 Å². The van der Waals surface area contributed by atoms with Crippen molar-refractivity contribution in [1.29, 1.82) is 5.26 Å². The van der Waals surface area contributed by atoms with E-state index < -0.39 is 24.1 Å². The van der Waals surface area contributed by atoms with Gasteiger partial charge in [-0.3, -0.25) is 4.79 Å². The van der Waals surface area contributed by atoms with E-state index in [-0.39, 0.29) is 27.7 Å². The van der Waals surface area contributed by atoms with Gasteiger partial charge >= 0.3 is 6.18 Å². The van der Waals surface area contributed by atoms with Crippen LogP contribution in [0.1, 0.15) is 24.0 Å². The third kappa shape index (κ3) is 4.31. The molecule has 2 aromatic carbocycles. The molecule has 0 spiro atoms. The number of nitriles is 1. The monoisotopic (exact) mass is 441 g/mol. The van der Waals surface area contributed by atoms with E-state index in [9.17, 15) is 18.0 Å². The zero-order chi connectivity index (χ0) is 21.2. The Hall–Kier alpha value is -2.76. The molecule has 0 bridgehead atoms. The van der Waals surface area contributed by atoms with Crippen LogP contribution in [0, 0.1) is 11.3 Å². The Labute approximate surface area is 173 Å². The average Bonchev–Trinajstić information content (AvgIpc) is 3.08. The van der Waals surface area contributed by atoms with Crippen LogP contribution >= 0.6 is 23.2 Å². The number of oxime groups is 1. The fraction of sp³-hybridized carbons (Fsp3) is 0.211. The lowest BCUT2D eigenvalue weighted by Gasteiger charge is -2.29. The molecule has 0 aliphatic carbocycles. The lowest BCUT2D eigenvalue weighted by molar-refractivity contribution is -0.275. The van der Waals surface area contributed by atoms with Crippen LogP contribution < -0.4 is 5.32 Å². The van der Waals surface area contributed by atoms with E-state index in [0.29, 0.717) is 11.3 Å². The lowest BCUT2D eigenvalue weighted by Crippen LogP contribution is -2.42. The molecule has 1 unspecified atom stereocenters. The van der Waals surface area contributed by atoms with Gasteiger partial charge in [-0.2, -0.15) is 18.4 Å². The molecule has 1 aliphatic heterocycles. The first kappa shape index (κ1) is 21.0. The Kier molecular flexibility index (Phi) is 5.73. The molecular weight excluding hydrogens is 430 g/mol. The molecule has 29 heavy (non-hydrogen) atoms. The van der Waals surface area contributed by atoms with Crippen LogP contribution in [-0.2, 0) is 15.2 Å². The number of amides is 1. The van der Waals surface area contributed by atoms with Crippen LogP contribution in [0.15, 0.2) is 47.6 Å². The number of anilines is 1. The van der Waals surface area contributed by atoms with Gasteiger partial charge in [-0.1, -0.05) is 40.5 Å². The molecule has 1 N–H and O–H groups in total. The first-order chi connectivity index (χ1) is 13.6. The van der Waals surface area contributed by atoms with Gasteiger partial charge in [0.25, 0.3) is 5.60 Å². The van der Waals surface area contributed by atoms with Gasteiger partial charge in [0.1, 0.15) is 6.42 Å².